The van der Waals surface area contributed by atoms with E-state index in [9.17, 15) is 19.5 Å². The van der Waals surface area contributed by atoms with Crippen molar-refractivity contribution >= 4 is 41.2 Å². The summed E-state index contributed by atoms with van der Waals surface area (Å²) in [6.07, 6.45) is -1.38. The first-order valence-corrected chi connectivity index (χ1v) is 15.2. The maximum absolute atomic E-state index is 13.8. The first-order chi connectivity index (χ1) is 20.1. The van der Waals surface area contributed by atoms with E-state index in [-0.39, 0.29) is 24.7 Å². The van der Waals surface area contributed by atoms with Gasteiger partial charge in [-0.15, -0.1) is 11.8 Å². The Labute approximate surface area is 256 Å². The second kappa shape index (κ2) is 14.1. The van der Waals surface area contributed by atoms with Crippen LogP contribution in [0.25, 0.3) is 0 Å². The highest BCUT2D eigenvalue weighted by Crippen LogP contribution is 2.40. The van der Waals surface area contributed by atoms with Crippen LogP contribution in [-0.2, 0) is 29.1 Å². The second-order valence-electron chi connectivity index (χ2n) is 10.9. The number of nitrogens with zero attached hydrogens (tertiary/aromatic N) is 1. The molecule has 222 valence electrons. The molecular formula is C32H37ClN4O4S. The number of urea groups is 1. The molecule has 1 aliphatic heterocycles. The standard InChI is InChI=1S/C32H37ClN4O4S/c1-21-11-7-8-14-23(21)18-34-29(39)28-32(2,3)42-20-37(28)30(40)27(38)26(17-22-12-5-4-6-13-22)36-31(41)35-19-24-15-9-10-16-25(24)33/h4-16,26-28,38H,17-20H2,1-3H3,(H,34,39)(H2,35,36,41)/t26-,27-,28+/m0/s1. The van der Waals surface area contributed by atoms with Crippen molar-refractivity contribution in [2.24, 2.45) is 0 Å². The van der Waals surface area contributed by atoms with Crippen molar-refractivity contribution in [3.8, 4) is 0 Å². The number of amides is 4. The highest BCUT2D eigenvalue weighted by atomic mass is 35.5. The average molecular weight is 609 g/mol. The Morgan fingerprint density at radius 2 is 1.57 bits per heavy atom. The van der Waals surface area contributed by atoms with Crippen molar-refractivity contribution in [3.05, 3.63) is 106 Å². The molecule has 0 saturated carbocycles. The number of carbonyl (C=O) groups excluding carboxylic acids is 3. The first-order valence-electron chi connectivity index (χ1n) is 13.8. The lowest BCUT2D eigenvalue weighted by Gasteiger charge is -2.33. The maximum atomic E-state index is 13.8. The number of aryl methyl sites for hydroxylation is 1. The summed E-state index contributed by atoms with van der Waals surface area (Å²) >= 11 is 7.69. The summed E-state index contributed by atoms with van der Waals surface area (Å²) in [6, 6.07) is 22.0. The van der Waals surface area contributed by atoms with Gasteiger partial charge in [-0.3, -0.25) is 9.59 Å². The van der Waals surface area contributed by atoms with E-state index in [1.165, 1.54) is 16.7 Å². The molecule has 42 heavy (non-hydrogen) atoms. The zero-order chi connectivity index (χ0) is 30.3. The van der Waals surface area contributed by atoms with E-state index in [1.807, 2.05) is 81.4 Å². The SMILES string of the molecule is Cc1ccccc1CNC(=O)[C@H]1N(C(=O)[C@@H](O)[C@H](Cc2ccccc2)NC(=O)NCc2ccccc2Cl)CSC1(C)C. The van der Waals surface area contributed by atoms with E-state index in [0.29, 0.717) is 11.6 Å². The number of carbonyl (C=O) groups is 3. The Kier molecular flexibility index (Phi) is 10.5. The first kappa shape index (κ1) is 31.4. The topological polar surface area (TPSA) is 111 Å². The smallest absolute Gasteiger partial charge is 0.315 e. The van der Waals surface area contributed by atoms with Crippen LogP contribution in [0.2, 0.25) is 5.02 Å². The number of hydrogen-bond donors (Lipinski definition) is 4. The van der Waals surface area contributed by atoms with Gasteiger partial charge in [0.25, 0.3) is 5.91 Å². The third-order valence-corrected chi connectivity index (χ3v) is 9.18. The Hall–Kier alpha value is -3.53. The molecule has 1 saturated heterocycles. The lowest BCUT2D eigenvalue weighted by molar-refractivity contribution is -0.147. The van der Waals surface area contributed by atoms with E-state index in [2.05, 4.69) is 16.0 Å². The van der Waals surface area contributed by atoms with Gasteiger partial charge < -0.3 is 26.0 Å². The maximum Gasteiger partial charge on any atom is 0.315 e. The molecule has 1 fully saturated rings. The lowest BCUT2D eigenvalue weighted by Crippen LogP contribution is -2.59. The molecule has 4 N–H and O–H groups in total. The summed E-state index contributed by atoms with van der Waals surface area (Å²) in [5, 5.41) is 20.4. The quantitative estimate of drug-likeness (QED) is 0.272. The number of aliphatic hydroxyl groups excluding tert-OH is 1. The van der Waals surface area contributed by atoms with Gasteiger partial charge in [0.05, 0.1) is 11.9 Å². The van der Waals surface area contributed by atoms with E-state index >= 15 is 0 Å². The van der Waals surface area contributed by atoms with Crippen molar-refractivity contribution < 1.29 is 19.5 Å². The fourth-order valence-electron chi connectivity index (χ4n) is 4.99. The van der Waals surface area contributed by atoms with Crippen LogP contribution in [0.1, 0.15) is 36.1 Å². The number of rotatable bonds is 10. The van der Waals surface area contributed by atoms with Gasteiger partial charge >= 0.3 is 6.03 Å². The molecular weight excluding hydrogens is 572 g/mol. The molecule has 10 heteroatoms. The lowest BCUT2D eigenvalue weighted by atomic mass is 9.97. The molecule has 0 spiro atoms. The summed E-state index contributed by atoms with van der Waals surface area (Å²) in [5.74, 6) is -0.669. The molecule has 1 aliphatic rings. The van der Waals surface area contributed by atoms with Crippen LogP contribution < -0.4 is 16.0 Å². The highest BCUT2D eigenvalue weighted by molar-refractivity contribution is 8.00. The number of thioether (sulfide) groups is 1. The third-order valence-electron chi connectivity index (χ3n) is 7.44. The summed E-state index contributed by atoms with van der Waals surface area (Å²) in [7, 11) is 0. The minimum Gasteiger partial charge on any atom is -0.381 e. The van der Waals surface area contributed by atoms with Crippen LogP contribution in [0.3, 0.4) is 0 Å². The minimum atomic E-state index is -1.59. The van der Waals surface area contributed by atoms with Gasteiger partial charge in [-0.1, -0.05) is 84.4 Å². The third kappa shape index (κ3) is 7.85. The van der Waals surface area contributed by atoms with Crippen molar-refractivity contribution in [1.82, 2.24) is 20.9 Å². The van der Waals surface area contributed by atoms with Crippen molar-refractivity contribution in [2.75, 3.05) is 5.88 Å². The van der Waals surface area contributed by atoms with Crippen LogP contribution >= 0.6 is 23.4 Å². The summed E-state index contributed by atoms with van der Waals surface area (Å²) in [5.41, 5.74) is 3.62. The van der Waals surface area contributed by atoms with E-state index in [0.717, 1.165) is 22.3 Å². The molecule has 0 unspecified atom stereocenters. The molecule has 0 radical (unpaired) electrons. The number of benzene rings is 3. The van der Waals surface area contributed by atoms with Gasteiger partial charge in [-0.2, -0.15) is 0 Å². The molecule has 0 aromatic heterocycles. The Balaban J connectivity index is 1.48. The zero-order valence-corrected chi connectivity index (χ0v) is 25.5. The monoisotopic (exact) mass is 608 g/mol. The van der Waals surface area contributed by atoms with Crippen LogP contribution in [-0.4, -0.2) is 56.7 Å². The molecule has 4 rings (SSSR count). The number of hydrogen-bond acceptors (Lipinski definition) is 5. The molecule has 1 heterocycles. The highest BCUT2D eigenvalue weighted by Gasteiger charge is 2.49. The minimum absolute atomic E-state index is 0.174. The fourth-order valence-corrected chi connectivity index (χ4v) is 6.33. The van der Waals surface area contributed by atoms with Crippen LogP contribution in [0.5, 0.6) is 0 Å². The van der Waals surface area contributed by atoms with Gasteiger partial charge in [-0.25, -0.2) is 4.79 Å². The van der Waals surface area contributed by atoms with Crippen molar-refractivity contribution in [2.45, 2.75) is 63.2 Å². The van der Waals surface area contributed by atoms with Crippen molar-refractivity contribution in [1.29, 1.82) is 0 Å². The number of nitrogens with one attached hydrogen (secondary N) is 3. The van der Waals surface area contributed by atoms with Gasteiger partial charge in [0.2, 0.25) is 5.91 Å². The van der Waals surface area contributed by atoms with E-state index in [1.54, 1.807) is 18.2 Å². The van der Waals surface area contributed by atoms with Crippen LogP contribution in [0, 0.1) is 6.92 Å². The van der Waals surface area contributed by atoms with Crippen molar-refractivity contribution in [3.63, 3.8) is 0 Å². The normalized spacial score (nSPS) is 17.3. The molecule has 3 aromatic rings. The Morgan fingerprint density at radius 3 is 2.26 bits per heavy atom. The summed E-state index contributed by atoms with van der Waals surface area (Å²) in [6.45, 7) is 6.31. The predicted molar refractivity (Wildman–Crippen MR) is 167 cm³/mol. The fraction of sp³-hybridized carbons (Fsp3) is 0.344. The number of aliphatic hydroxyl groups is 1. The van der Waals surface area contributed by atoms with Crippen LogP contribution in [0.4, 0.5) is 4.79 Å². The Bertz CT molecular complexity index is 1400. The molecule has 3 aromatic carbocycles. The molecule has 8 nitrogen and oxygen atoms in total. The second-order valence-corrected chi connectivity index (χ2v) is 12.9. The Morgan fingerprint density at radius 1 is 0.952 bits per heavy atom. The molecule has 3 atom stereocenters. The zero-order valence-electron chi connectivity index (χ0n) is 24.0. The van der Waals surface area contributed by atoms with Crippen LogP contribution in [0.15, 0.2) is 78.9 Å². The van der Waals surface area contributed by atoms with E-state index < -0.39 is 34.9 Å². The summed E-state index contributed by atoms with van der Waals surface area (Å²) < 4.78 is -0.583. The van der Waals surface area contributed by atoms with Gasteiger partial charge in [0.1, 0.15) is 6.04 Å². The van der Waals surface area contributed by atoms with Gasteiger partial charge in [-0.05, 0) is 55.5 Å². The predicted octanol–water partition coefficient (Wildman–Crippen LogP) is 4.42. The molecule has 0 aliphatic carbocycles. The average Bonchev–Trinajstić information content (AvgIpc) is 3.30. The molecule has 0 bridgehead atoms. The summed E-state index contributed by atoms with van der Waals surface area (Å²) in [4.78, 5) is 41.6. The van der Waals surface area contributed by atoms with Gasteiger partial charge in [0.15, 0.2) is 6.10 Å². The molecule has 4 amide bonds. The van der Waals surface area contributed by atoms with Gasteiger partial charge in [0, 0.05) is 22.9 Å². The van der Waals surface area contributed by atoms with E-state index in [4.69, 9.17) is 11.6 Å². The number of halogens is 1. The largest absolute Gasteiger partial charge is 0.381 e.